The zero-order valence-electron chi connectivity index (χ0n) is 74.6. The van der Waals surface area contributed by atoms with Gasteiger partial charge in [0.05, 0.1) is 12.5 Å². The molecule has 9 rings (SSSR count). The molecule has 0 unspecified atom stereocenters. The summed E-state index contributed by atoms with van der Waals surface area (Å²) in [6.07, 6.45) is 17.1. The van der Waals surface area contributed by atoms with Crippen LogP contribution >= 0.6 is 11.3 Å². The first kappa shape index (κ1) is 182. The number of fused-ring (bicyclic) bond motifs is 1. The molecule has 6 heterocycles. The van der Waals surface area contributed by atoms with Crippen molar-refractivity contribution in [2.45, 2.75) is 377 Å². The molecule has 9 heteroatoms. The molecule has 626 valence electrons. The van der Waals surface area contributed by atoms with E-state index in [4.69, 9.17) is 0 Å². The molecule has 9 aromatic rings. The standard InChI is InChI=1S/C10H8.C7H8.C6H9N3.C5H5N.C4H4N2.C4H5N.C4H4O.C4H4S.22C2H6.6CH4/c1-2-6-10-8-4-3-7-9(10)5-1;1-7-5-3-2-4-6-7;1-4-7-5(2)9-6(3)8-4;1-2-4-6-5-3-1;1-2-6-4-3-5-1;3*1-2-4-5-3-1;22*1-2;;;;;;/h1-8H;2-6H,1H3;1-3H3;1-5H;1-4H;1-5H;2*1-4H;22*1-2H3;6*1H4. The summed E-state index contributed by atoms with van der Waals surface area (Å²) in [6, 6.07) is 44.3. The smallest absolute Gasteiger partial charge is 0.129 e. The average Bonchev–Trinajstić information content (AvgIpc) is 1.39. The molecule has 3 aromatic carbocycles. The van der Waals surface area contributed by atoms with Crippen LogP contribution < -0.4 is 0 Å². The maximum atomic E-state index is 4.58. The molecule has 0 saturated heterocycles. The molecule has 8 nitrogen and oxygen atoms in total. The normalized spacial score (nSPS) is 5.79. The van der Waals surface area contributed by atoms with E-state index in [1.807, 2.05) is 421 Å². The van der Waals surface area contributed by atoms with Gasteiger partial charge in [0.1, 0.15) is 17.5 Å². The van der Waals surface area contributed by atoms with Crippen LogP contribution in [-0.4, -0.2) is 34.9 Å². The van der Waals surface area contributed by atoms with Crippen LogP contribution in [0.1, 0.15) is 372 Å². The fraction of sp³-hybridized carbons (Fsp3) is 0.574. The molecule has 0 saturated carbocycles. The number of aromatic nitrogens is 7. The number of hydrogen-bond donors (Lipinski definition) is 1. The number of aryl methyl sites for hydroxylation is 4. The number of H-pyrrole nitrogens is 1. The van der Waals surface area contributed by atoms with Crippen molar-refractivity contribution >= 4 is 22.1 Å². The van der Waals surface area contributed by atoms with E-state index in [1.165, 1.54) is 16.3 Å². The molecule has 0 amide bonds. The summed E-state index contributed by atoms with van der Waals surface area (Å²) in [5.74, 6) is 2.38. The van der Waals surface area contributed by atoms with Crippen molar-refractivity contribution < 1.29 is 4.42 Å². The number of benzene rings is 3. The van der Waals surface area contributed by atoms with Gasteiger partial charge in [-0.25, -0.2) is 15.0 Å². The van der Waals surface area contributed by atoms with Crippen molar-refractivity contribution in [1.82, 2.24) is 34.9 Å². The number of aromatic amines is 1. The molecule has 0 radical (unpaired) electrons. The van der Waals surface area contributed by atoms with Crippen LogP contribution in [-0.2, 0) is 0 Å². The highest BCUT2D eigenvalue weighted by atomic mass is 32.1. The van der Waals surface area contributed by atoms with E-state index in [2.05, 4.69) is 107 Å². The molecule has 0 aliphatic rings. The largest absolute Gasteiger partial charge is 0.473 e. The van der Waals surface area contributed by atoms with Crippen LogP contribution in [0.15, 0.2) is 211 Å². The van der Waals surface area contributed by atoms with Gasteiger partial charge in [0.15, 0.2) is 0 Å². The molecule has 0 spiro atoms. The van der Waals surface area contributed by atoms with Gasteiger partial charge in [0.25, 0.3) is 0 Å². The van der Waals surface area contributed by atoms with Gasteiger partial charge in [-0.3, -0.25) is 15.0 Å². The monoisotopic (exact) mass is 1480 g/mol. The van der Waals surface area contributed by atoms with E-state index in [-0.39, 0.29) is 44.6 Å². The number of furan rings is 1. The third-order valence-electron chi connectivity index (χ3n) is 5.96. The molecular formula is C94H203N7OS. The minimum absolute atomic E-state index is 0. The second-order valence-electron chi connectivity index (χ2n) is 10.4. The fourth-order valence-corrected chi connectivity index (χ4v) is 4.20. The van der Waals surface area contributed by atoms with Crippen molar-refractivity contribution in [3.05, 3.63) is 229 Å². The third kappa shape index (κ3) is 244. The lowest BCUT2D eigenvalue weighted by Gasteiger charge is -1.94. The lowest BCUT2D eigenvalue weighted by molar-refractivity contribution is 0.567. The van der Waals surface area contributed by atoms with Gasteiger partial charge in [0.2, 0.25) is 0 Å². The predicted molar refractivity (Wildman–Crippen MR) is 509 cm³/mol. The fourth-order valence-electron chi connectivity index (χ4n) is 3.74. The van der Waals surface area contributed by atoms with E-state index in [1.54, 1.807) is 61.0 Å². The Kier molecular flexibility index (Phi) is 508. The topological polar surface area (TPSA) is 106 Å². The Bertz CT molecular complexity index is 1700. The van der Waals surface area contributed by atoms with Crippen molar-refractivity contribution in [3.8, 4) is 0 Å². The van der Waals surface area contributed by atoms with Crippen LogP contribution in [0.4, 0.5) is 0 Å². The minimum atomic E-state index is 0. The van der Waals surface area contributed by atoms with Crippen LogP contribution in [0.5, 0.6) is 0 Å². The Balaban J connectivity index is -0.0000000238. The minimum Gasteiger partial charge on any atom is -0.473 e. The first-order valence-electron chi connectivity index (χ1n) is 38.7. The summed E-state index contributed by atoms with van der Waals surface area (Å²) in [7, 11) is 0. The highest BCUT2D eigenvalue weighted by Gasteiger charge is 1.92. The predicted octanol–water partition coefficient (Wildman–Crippen LogP) is 37.6. The summed E-state index contributed by atoms with van der Waals surface area (Å²) in [5.41, 5.74) is 1.32. The summed E-state index contributed by atoms with van der Waals surface area (Å²) in [4.78, 5) is 26.1. The number of rotatable bonds is 0. The summed E-state index contributed by atoms with van der Waals surface area (Å²) in [5, 5.41) is 6.70. The zero-order valence-corrected chi connectivity index (χ0v) is 75.4. The van der Waals surface area contributed by atoms with E-state index < -0.39 is 0 Å². The van der Waals surface area contributed by atoms with Crippen LogP contribution in [0.2, 0.25) is 0 Å². The van der Waals surface area contributed by atoms with Crippen molar-refractivity contribution in [2.75, 3.05) is 0 Å². The maximum Gasteiger partial charge on any atom is 0.129 e. The van der Waals surface area contributed by atoms with E-state index >= 15 is 0 Å². The maximum absolute atomic E-state index is 4.58. The lowest BCUT2D eigenvalue weighted by Crippen LogP contribution is -1.97. The molecule has 0 aliphatic carbocycles. The molecule has 0 fully saturated rings. The number of nitrogens with one attached hydrogen (secondary N) is 1. The molecular weight excluding hydrogens is 1280 g/mol. The Hall–Kier alpha value is -6.58. The van der Waals surface area contributed by atoms with Crippen LogP contribution in [0, 0.1) is 27.7 Å². The van der Waals surface area contributed by atoms with E-state index in [0.29, 0.717) is 0 Å². The quantitative estimate of drug-likeness (QED) is 0.161. The first-order chi connectivity index (χ1) is 48.0. The summed E-state index contributed by atoms with van der Waals surface area (Å²) >= 11 is 1.71. The second-order valence-corrected chi connectivity index (χ2v) is 11.2. The molecule has 103 heavy (non-hydrogen) atoms. The van der Waals surface area contributed by atoms with Gasteiger partial charge in [-0.05, 0) is 85.6 Å². The summed E-state index contributed by atoms with van der Waals surface area (Å²) < 4.78 is 4.58. The number of thiophene rings is 1. The van der Waals surface area contributed by atoms with Crippen molar-refractivity contribution in [2.24, 2.45) is 0 Å². The summed E-state index contributed by atoms with van der Waals surface area (Å²) in [6.45, 7) is 95.7. The van der Waals surface area contributed by atoms with Gasteiger partial charge in [-0.1, -0.05) is 452 Å². The Morgan fingerprint density at radius 3 is 0.553 bits per heavy atom. The highest BCUT2D eigenvalue weighted by molar-refractivity contribution is 7.07. The zero-order chi connectivity index (χ0) is 81.9. The van der Waals surface area contributed by atoms with Gasteiger partial charge in [-0.2, -0.15) is 11.3 Å². The average molecular weight is 1480 g/mol. The molecule has 1 N–H and O–H groups in total. The van der Waals surface area contributed by atoms with Crippen molar-refractivity contribution in [3.63, 3.8) is 0 Å². The molecule has 6 aromatic heterocycles. The van der Waals surface area contributed by atoms with Crippen molar-refractivity contribution in [1.29, 1.82) is 0 Å². The number of pyridine rings is 1. The van der Waals surface area contributed by atoms with Gasteiger partial charge in [-0.15, -0.1) is 0 Å². The Morgan fingerprint density at radius 2 is 0.437 bits per heavy atom. The SMILES string of the molecule is C.C.C.C.C.C.CC.CC.CC.CC.CC.CC.CC.CC.CC.CC.CC.CC.CC.CC.CC.CC.CC.CC.CC.CC.CC.CC.Cc1ccccc1.Cc1nc(C)nc(C)n1.c1cc[nH]c1.c1ccc2ccccc2c1.c1ccncc1.c1ccoc1.c1ccsc1.c1cnccn1. The van der Waals surface area contributed by atoms with E-state index in [0.717, 1.165) is 17.5 Å². The Labute approximate surface area is 663 Å². The van der Waals surface area contributed by atoms with Crippen LogP contribution in [0.3, 0.4) is 0 Å². The number of hydrogen-bond acceptors (Lipinski definition) is 8. The third-order valence-corrected chi connectivity index (χ3v) is 6.59. The first-order valence-corrected chi connectivity index (χ1v) is 39.7. The molecule has 0 atom stereocenters. The lowest BCUT2D eigenvalue weighted by atomic mass is 10.1. The van der Waals surface area contributed by atoms with Gasteiger partial charge >= 0.3 is 0 Å². The molecule has 0 bridgehead atoms. The van der Waals surface area contributed by atoms with Gasteiger partial charge in [0, 0.05) is 49.6 Å². The van der Waals surface area contributed by atoms with E-state index in [9.17, 15) is 0 Å². The Morgan fingerprint density at radius 1 is 0.233 bits per heavy atom. The van der Waals surface area contributed by atoms with Crippen LogP contribution in [0.25, 0.3) is 10.8 Å². The second kappa shape index (κ2) is 287. The highest BCUT2D eigenvalue weighted by Crippen LogP contribution is 2.11. The van der Waals surface area contributed by atoms with Gasteiger partial charge < -0.3 is 9.40 Å². The number of nitrogens with zero attached hydrogens (tertiary/aromatic N) is 6. The molecule has 0 aliphatic heterocycles.